The van der Waals surface area contributed by atoms with Crippen molar-refractivity contribution in [3.63, 3.8) is 0 Å². The molecule has 1 aromatic carbocycles. The Morgan fingerprint density at radius 1 is 1.29 bits per heavy atom. The van der Waals surface area contributed by atoms with Crippen LogP contribution in [0.15, 0.2) is 24.3 Å². The Morgan fingerprint density at radius 3 is 2.48 bits per heavy atom. The molecule has 2 rings (SSSR count). The van der Waals surface area contributed by atoms with Crippen LogP contribution in [0.1, 0.15) is 32.6 Å². The molecule has 4 heteroatoms. The van der Waals surface area contributed by atoms with Crippen LogP contribution in [-0.2, 0) is 4.79 Å². The normalized spacial score (nSPS) is 16.0. The summed E-state index contributed by atoms with van der Waals surface area (Å²) in [6.45, 7) is 4.93. The van der Waals surface area contributed by atoms with Crippen LogP contribution in [0.25, 0.3) is 0 Å². The van der Waals surface area contributed by atoms with Crippen LogP contribution in [-0.4, -0.2) is 37.5 Å². The zero-order chi connectivity index (χ0) is 15.2. The maximum atomic E-state index is 12.4. The van der Waals surface area contributed by atoms with Crippen LogP contribution in [0.5, 0.6) is 0 Å². The average Bonchev–Trinajstić information content (AvgIpc) is 2.53. The highest BCUT2D eigenvalue weighted by atomic mass is 16.2. The molecule has 0 saturated carbocycles. The molecule has 1 aromatic rings. The van der Waals surface area contributed by atoms with Crippen molar-refractivity contribution >= 4 is 17.3 Å². The first kappa shape index (κ1) is 15.7. The van der Waals surface area contributed by atoms with E-state index in [1.54, 1.807) is 0 Å². The molecule has 1 saturated heterocycles. The van der Waals surface area contributed by atoms with Gasteiger partial charge in [-0.3, -0.25) is 4.79 Å². The smallest absolute Gasteiger partial charge is 0.225 e. The fraction of sp³-hybridized carbons (Fsp3) is 0.588. The van der Waals surface area contributed by atoms with Crippen molar-refractivity contribution < 1.29 is 4.79 Å². The molecular weight excluding hydrogens is 262 g/mol. The van der Waals surface area contributed by atoms with Gasteiger partial charge in [0.2, 0.25) is 5.91 Å². The fourth-order valence-corrected chi connectivity index (χ4v) is 2.89. The SMILES string of the molecule is CCCCN(C)C(=O)C1CCN(c2ccc(N)cc2)CC1. The summed E-state index contributed by atoms with van der Waals surface area (Å²) >= 11 is 0. The minimum atomic E-state index is 0.192. The van der Waals surface area contributed by atoms with Gasteiger partial charge >= 0.3 is 0 Å². The number of carbonyl (C=O) groups is 1. The number of nitrogens with two attached hydrogens (primary N) is 1. The first-order chi connectivity index (χ1) is 10.1. The third-order valence-corrected chi connectivity index (χ3v) is 4.33. The summed E-state index contributed by atoms with van der Waals surface area (Å²) in [6, 6.07) is 7.99. The van der Waals surface area contributed by atoms with Crippen molar-refractivity contribution in [3.8, 4) is 0 Å². The summed E-state index contributed by atoms with van der Waals surface area (Å²) < 4.78 is 0. The number of amides is 1. The molecule has 4 nitrogen and oxygen atoms in total. The van der Waals surface area contributed by atoms with Crippen LogP contribution in [0.3, 0.4) is 0 Å². The summed E-state index contributed by atoms with van der Waals surface area (Å²) in [4.78, 5) is 16.6. The van der Waals surface area contributed by atoms with Crippen molar-refractivity contribution in [1.29, 1.82) is 0 Å². The van der Waals surface area contributed by atoms with Gasteiger partial charge in [-0.15, -0.1) is 0 Å². The van der Waals surface area contributed by atoms with Crippen LogP contribution < -0.4 is 10.6 Å². The van der Waals surface area contributed by atoms with Crippen molar-refractivity contribution in [2.24, 2.45) is 5.92 Å². The lowest BCUT2D eigenvalue weighted by Crippen LogP contribution is -2.41. The number of piperidine rings is 1. The molecule has 116 valence electrons. The first-order valence-corrected chi connectivity index (χ1v) is 7.97. The molecule has 0 aliphatic carbocycles. The van der Waals surface area contributed by atoms with E-state index in [2.05, 4.69) is 24.0 Å². The number of unbranched alkanes of at least 4 members (excludes halogenated alkanes) is 1. The van der Waals surface area contributed by atoms with Crippen LogP contribution in [0.4, 0.5) is 11.4 Å². The second kappa shape index (κ2) is 7.34. The molecule has 0 bridgehead atoms. The predicted octanol–water partition coefficient (Wildman–Crippen LogP) is 2.74. The Hall–Kier alpha value is -1.71. The average molecular weight is 289 g/mol. The number of nitrogens with zero attached hydrogens (tertiary/aromatic N) is 2. The predicted molar refractivity (Wildman–Crippen MR) is 88.3 cm³/mol. The Balaban J connectivity index is 1.85. The van der Waals surface area contributed by atoms with Gasteiger partial charge in [-0.05, 0) is 43.5 Å². The topological polar surface area (TPSA) is 49.6 Å². The quantitative estimate of drug-likeness (QED) is 0.848. The van der Waals surface area contributed by atoms with Crippen molar-refractivity contribution in [2.75, 3.05) is 37.3 Å². The van der Waals surface area contributed by atoms with Crippen LogP contribution in [0, 0.1) is 5.92 Å². The monoisotopic (exact) mass is 289 g/mol. The van der Waals surface area contributed by atoms with E-state index in [0.29, 0.717) is 5.91 Å². The summed E-state index contributed by atoms with van der Waals surface area (Å²) in [5.74, 6) is 0.511. The fourth-order valence-electron chi connectivity index (χ4n) is 2.89. The molecule has 1 aliphatic rings. The largest absolute Gasteiger partial charge is 0.399 e. The zero-order valence-corrected chi connectivity index (χ0v) is 13.2. The molecule has 1 amide bonds. The van der Waals surface area contributed by atoms with Gasteiger partial charge in [-0.25, -0.2) is 0 Å². The summed E-state index contributed by atoms with van der Waals surface area (Å²) in [5, 5.41) is 0. The van der Waals surface area contributed by atoms with Crippen LogP contribution >= 0.6 is 0 Å². The molecule has 0 unspecified atom stereocenters. The van der Waals surface area contributed by atoms with E-state index in [0.717, 1.165) is 51.0 Å². The molecule has 0 aromatic heterocycles. The third-order valence-electron chi connectivity index (χ3n) is 4.33. The van der Waals surface area contributed by atoms with E-state index in [1.807, 2.05) is 24.1 Å². The van der Waals surface area contributed by atoms with E-state index in [1.165, 1.54) is 5.69 Å². The first-order valence-electron chi connectivity index (χ1n) is 7.97. The molecule has 1 heterocycles. The zero-order valence-electron chi connectivity index (χ0n) is 13.2. The van der Waals surface area contributed by atoms with Gasteiger partial charge < -0.3 is 15.5 Å². The molecule has 2 N–H and O–H groups in total. The van der Waals surface area contributed by atoms with Crippen molar-refractivity contribution in [1.82, 2.24) is 4.90 Å². The standard InChI is InChI=1S/C17H27N3O/c1-3-4-11-19(2)17(21)14-9-12-20(13-10-14)16-7-5-15(18)6-8-16/h5-8,14H,3-4,9-13,18H2,1-2H3. The second-order valence-corrected chi connectivity index (χ2v) is 5.97. The molecular formula is C17H27N3O. The molecule has 0 radical (unpaired) electrons. The summed E-state index contributed by atoms with van der Waals surface area (Å²) in [6.07, 6.45) is 4.11. The van der Waals surface area contributed by atoms with E-state index in [9.17, 15) is 4.79 Å². The van der Waals surface area contributed by atoms with E-state index < -0.39 is 0 Å². The molecule has 1 aliphatic heterocycles. The second-order valence-electron chi connectivity index (χ2n) is 5.97. The van der Waals surface area contributed by atoms with Gasteiger partial charge in [-0.1, -0.05) is 13.3 Å². The van der Waals surface area contributed by atoms with Gasteiger partial charge in [0.05, 0.1) is 0 Å². The molecule has 0 atom stereocenters. The van der Waals surface area contributed by atoms with Crippen LogP contribution in [0.2, 0.25) is 0 Å². The van der Waals surface area contributed by atoms with Gasteiger partial charge in [-0.2, -0.15) is 0 Å². The van der Waals surface area contributed by atoms with Gasteiger partial charge in [0.1, 0.15) is 0 Å². The number of anilines is 2. The Bertz CT molecular complexity index is 450. The lowest BCUT2D eigenvalue weighted by atomic mass is 9.95. The van der Waals surface area contributed by atoms with E-state index in [-0.39, 0.29) is 5.92 Å². The number of hydrogen-bond donors (Lipinski definition) is 1. The van der Waals surface area contributed by atoms with Crippen molar-refractivity contribution in [3.05, 3.63) is 24.3 Å². The maximum Gasteiger partial charge on any atom is 0.225 e. The lowest BCUT2D eigenvalue weighted by molar-refractivity contribution is -0.134. The minimum absolute atomic E-state index is 0.192. The van der Waals surface area contributed by atoms with Gasteiger partial charge in [0.15, 0.2) is 0 Å². The maximum absolute atomic E-state index is 12.4. The highest BCUT2D eigenvalue weighted by Gasteiger charge is 2.26. The highest BCUT2D eigenvalue weighted by molar-refractivity contribution is 5.79. The Kier molecular flexibility index (Phi) is 5.48. The summed E-state index contributed by atoms with van der Waals surface area (Å²) in [7, 11) is 1.93. The van der Waals surface area contributed by atoms with Gasteiger partial charge in [0, 0.05) is 44.0 Å². The summed E-state index contributed by atoms with van der Waals surface area (Å²) in [5.41, 5.74) is 7.72. The number of rotatable bonds is 5. The minimum Gasteiger partial charge on any atom is -0.399 e. The molecule has 21 heavy (non-hydrogen) atoms. The Labute approximate surface area is 127 Å². The van der Waals surface area contributed by atoms with E-state index in [4.69, 9.17) is 5.73 Å². The molecule has 1 fully saturated rings. The number of nitrogen functional groups attached to an aromatic ring is 1. The Morgan fingerprint density at radius 2 is 1.90 bits per heavy atom. The highest BCUT2D eigenvalue weighted by Crippen LogP contribution is 2.25. The number of carbonyl (C=O) groups excluding carboxylic acids is 1. The molecule has 0 spiro atoms. The van der Waals surface area contributed by atoms with E-state index >= 15 is 0 Å². The van der Waals surface area contributed by atoms with Gasteiger partial charge in [0.25, 0.3) is 0 Å². The number of benzene rings is 1. The lowest BCUT2D eigenvalue weighted by Gasteiger charge is -2.34. The number of hydrogen-bond acceptors (Lipinski definition) is 3. The van der Waals surface area contributed by atoms with Crippen molar-refractivity contribution in [2.45, 2.75) is 32.6 Å². The third kappa shape index (κ3) is 4.13.